The van der Waals surface area contributed by atoms with Crippen molar-refractivity contribution < 1.29 is 25.9 Å². The quantitative estimate of drug-likeness (QED) is 0.128. The number of rotatable bonds is 6. The van der Waals surface area contributed by atoms with E-state index in [4.69, 9.17) is 15.6 Å². The van der Waals surface area contributed by atoms with Crippen LogP contribution in [0.4, 0.5) is 11.4 Å². The van der Waals surface area contributed by atoms with Gasteiger partial charge in [0.2, 0.25) is 0 Å². The summed E-state index contributed by atoms with van der Waals surface area (Å²) in [6.07, 6.45) is 2.63. The molecule has 2 aromatic rings. The van der Waals surface area contributed by atoms with Gasteiger partial charge in [0.25, 0.3) is 20.2 Å². The number of hydrogen-bond acceptors (Lipinski definition) is 6. The van der Waals surface area contributed by atoms with Crippen LogP contribution in [0.3, 0.4) is 0 Å². The molecule has 29 heavy (non-hydrogen) atoms. The first-order valence-corrected chi connectivity index (χ1v) is 9.96. The third-order valence-electron chi connectivity index (χ3n) is 3.33. The maximum Gasteiger partial charge on any atom is 0.295 e. The van der Waals surface area contributed by atoms with Gasteiger partial charge in [-0.15, -0.1) is 24.0 Å². The van der Waals surface area contributed by atoms with Gasteiger partial charge < -0.3 is 0 Å². The number of benzene rings is 2. The van der Waals surface area contributed by atoms with E-state index in [1.807, 2.05) is 0 Å². The monoisotopic (exact) mass is 550 g/mol. The molecule has 12 nitrogen and oxygen atoms in total. The Morgan fingerprint density at radius 2 is 1.41 bits per heavy atom. The van der Waals surface area contributed by atoms with Gasteiger partial charge in [-0.25, -0.2) is 0 Å². The van der Waals surface area contributed by atoms with Crippen LogP contribution in [0.2, 0.25) is 0 Å². The SMILES string of the molecule is I.[N-]=[N+]=Nc1ccc(C=Cc2ccc(S(=O)(=O)O)cc2)c(S(=O)(=O)O)c1N=[N+]=[N-]. The molecule has 2 aromatic carbocycles. The molecule has 2 N–H and O–H groups in total. The second-order valence-electron chi connectivity index (χ2n) is 5.08. The molecule has 0 unspecified atom stereocenters. The van der Waals surface area contributed by atoms with Gasteiger partial charge in [-0.2, -0.15) is 16.8 Å². The first-order chi connectivity index (χ1) is 13.1. The van der Waals surface area contributed by atoms with Crippen molar-refractivity contribution in [2.75, 3.05) is 0 Å². The van der Waals surface area contributed by atoms with E-state index in [9.17, 15) is 21.4 Å². The van der Waals surface area contributed by atoms with Gasteiger partial charge in [-0.1, -0.05) is 46.6 Å². The first-order valence-electron chi connectivity index (χ1n) is 7.08. The molecule has 0 saturated carbocycles. The zero-order chi connectivity index (χ0) is 20.9. The predicted octanol–water partition coefficient (Wildman–Crippen LogP) is 4.85. The highest BCUT2D eigenvalue weighted by atomic mass is 127. The number of halogens is 1. The maximum absolute atomic E-state index is 11.8. The van der Waals surface area contributed by atoms with E-state index in [2.05, 4.69) is 20.1 Å². The molecule has 0 saturated heterocycles. The van der Waals surface area contributed by atoms with Crippen LogP contribution in [-0.4, -0.2) is 25.9 Å². The van der Waals surface area contributed by atoms with E-state index in [0.717, 1.165) is 12.1 Å². The Bertz CT molecular complexity index is 1260. The number of hydrogen-bond donors (Lipinski definition) is 2. The predicted molar refractivity (Wildman–Crippen MR) is 114 cm³/mol. The normalized spacial score (nSPS) is 11.2. The zero-order valence-electron chi connectivity index (χ0n) is 14.1. The number of azide groups is 2. The van der Waals surface area contributed by atoms with Crippen molar-refractivity contribution >= 4 is 67.7 Å². The van der Waals surface area contributed by atoms with Crippen molar-refractivity contribution in [1.82, 2.24) is 0 Å². The fourth-order valence-electron chi connectivity index (χ4n) is 2.19. The Labute approximate surface area is 181 Å². The molecule has 0 spiro atoms. The molecule has 0 aliphatic heterocycles. The minimum atomic E-state index is -4.87. The summed E-state index contributed by atoms with van der Waals surface area (Å²) in [5.74, 6) is 0. The molecule has 0 aromatic heterocycles. The fourth-order valence-corrected chi connectivity index (χ4v) is 3.49. The molecule has 0 atom stereocenters. The highest BCUT2D eigenvalue weighted by molar-refractivity contribution is 14.0. The zero-order valence-corrected chi connectivity index (χ0v) is 18.0. The molecule has 0 amide bonds. The van der Waals surface area contributed by atoms with Gasteiger partial charge in [0.15, 0.2) is 0 Å². The lowest BCUT2D eigenvalue weighted by atomic mass is 10.1. The van der Waals surface area contributed by atoms with Crippen LogP contribution in [0, 0.1) is 0 Å². The lowest BCUT2D eigenvalue weighted by Crippen LogP contribution is -2.01. The lowest BCUT2D eigenvalue weighted by Gasteiger charge is -2.09. The van der Waals surface area contributed by atoms with Crippen LogP contribution in [0.1, 0.15) is 11.1 Å². The Morgan fingerprint density at radius 3 is 1.90 bits per heavy atom. The van der Waals surface area contributed by atoms with Gasteiger partial charge >= 0.3 is 0 Å². The van der Waals surface area contributed by atoms with Crippen molar-refractivity contribution in [2.24, 2.45) is 10.2 Å². The average molecular weight is 550 g/mol. The third-order valence-corrected chi connectivity index (χ3v) is 5.14. The molecular formula is C14H11IN6O6S2. The highest BCUT2D eigenvalue weighted by Crippen LogP contribution is 2.38. The molecule has 2 rings (SSSR count). The summed E-state index contributed by atoms with van der Waals surface area (Å²) in [5.41, 5.74) is 16.7. The fraction of sp³-hybridized carbons (Fsp3) is 0. The van der Waals surface area contributed by atoms with Crippen LogP contribution in [0.25, 0.3) is 33.0 Å². The standard InChI is InChI=1S/C14H10N6O6S2.HI/c15-19-17-12-8-5-10(14(28(24,25)26)13(12)18-20-16)4-1-9-2-6-11(7-3-9)27(21,22)23;/h1-8H,(H,21,22,23)(H,24,25,26);1H. The van der Waals surface area contributed by atoms with E-state index < -0.39 is 30.8 Å². The average Bonchev–Trinajstić information content (AvgIpc) is 2.60. The summed E-state index contributed by atoms with van der Waals surface area (Å²) < 4.78 is 64.1. The maximum atomic E-state index is 11.8. The smallest absolute Gasteiger partial charge is 0.282 e. The minimum absolute atomic E-state index is 0. The second-order valence-corrected chi connectivity index (χ2v) is 7.86. The minimum Gasteiger partial charge on any atom is -0.282 e. The third kappa shape index (κ3) is 6.16. The Balaban J connectivity index is 0.00000420. The summed E-state index contributed by atoms with van der Waals surface area (Å²) in [4.78, 5) is 3.89. The molecule has 0 aliphatic rings. The molecule has 0 radical (unpaired) electrons. The Morgan fingerprint density at radius 1 is 0.828 bits per heavy atom. The van der Waals surface area contributed by atoms with E-state index in [1.54, 1.807) is 0 Å². The summed E-state index contributed by atoms with van der Waals surface area (Å²) in [6.45, 7) is 0. The molecule has 15 heteroatoms. The van der Waals surface area contributed by atoms with Gasteiger partial charge in [-0.05, 0) is 34.3 Å². The van der Waals surface area contributed by atoms with Crippen LogP contribution in [0.15, 0.2) is 56.4 Å². The first kappa shape index (κ1) is 24.4. The van der Waals surface area contributed by atoms with E-state index >= 15 is 0 Å². The summed E-state index contributed by atoms with van der Waals surface area (Å²) in [6, 6.07) is 7.36. The largest absolute Gasteiger partial charge is 0.295 e. The van der Waals surface area contributed by atoms with Gasteiger partial charge in [0, 0.05) is 15.5 Å². The van der Waals surface area contributed by atoms with Gasteiger partial charge in [-0.3, -0.25) is 9.11 Å². The van der Waals surface area contributed by atoms with Crippen molar-refractivity contribution in [3.8, 4) is 0 Å². The van der Waals surface area contributed by atoms with Crippen LogP contribution < -0.4 is 0 Å². The second kappa shape index (κ2) is 9.71. The van der Waals surface area contributed by atoms with Gasteiger partial charge in [0.1, 0.15) is 4.90 Å². The van der Waals surface area contributed by atoms with Crippen LogP contribution >= 0.6 is 24.0 Å². The van der Waals surface area contributed by atoms with E-state index in [1.165, 1.54) is 36.4 Å². The van der Waals surface area contributed by atoms with Crippen LogP contribution in [0.5, 0.6) is 0 Å². The van der Waals surface area contributed by atoms with E-state index in [0.29, 0.717) is 5.56 Å². The molecule has 152 valence electrons. The Hall–Kier alpha value is -2.65. The van der Waals surface area contributed by atoms with Crippen molar-refractivity contribution in [2.45, 2.75) is 9.79 Å². The molecular weight excluding hydrogens is 539 g/mol. The van der Waals surface area contributed by atoms with Crippen molar-refractivity contribution in [1.29, 1.82) is 0 Å². The number of nitrogens with zero attached hydrogens (tertiary/aromatic N) is 6. The molecule has 0 aliphatic carbocycles. The topological polar surface area (TPSA) is 206 Å². The lowest BCUT2D eigenvalue weighted by molar-refractivity contribution is 0.481. The Kier molecular flexibility index (Phi) is 8.16. The summed E-state index contributed by atoms with van der Waals surface area (Å²) in [5, 5.41) is 6.42. The van der Waals surface area contributed by atoms with Crippen molar-refractivity contribution in [3.63, 3.8) is 0 Å². The van der Waals surface area contributed by atoms with Crippen LogP contribution in [-0.2, 0) is 20.2 Å². The van der Waals surface area contributed by atoms with E-state index in [-0.39, 0.29) is 40.1 Å². The summed E-state index contributed by atoms with van der Waals surface area (Å²) in [7, 11) is -9.23. The summed E-state index contributed by atoms with van der Waals surface area (Å²) >= 11 is 0. The van der Waals surface area contributed by atoms with Crippen molar-refractivity contribution in [3.05, 3.63) is 68.4 Å². The molecule has 0 fully saturated rings. The van der Waals surface area contributed by atoms with Gasteiger partial charge in [0.05, 0.1) is 10.6 Å². The molecule has 0 bridgehead atoms. The molecule has 0 heterocycles. The highest BCUT2D eigenvalue weighted by Gasteiger charge is 2.21.